The van der Waals surface area contributed by atoms with Crippen molar-refractivity contribution in [2.75, 3.05) is 20.1 Å². The first-order chi connectivity index (χ1) is 8.08. The molecule has 0 saturated heterocycles. The van der Waals surface area contributed by atoms with E-state index in [0.717, 1.165) is 24.7 Å². The fourth-order valence-corrected chi connectivity index (χ4v) is 1.98. The van der Waals surface area contributed by atoms with Crippen LogP contribution in [0.4, 0.5) is 0 Å². The zero-order chi connectivity index (χ0) is 12.7. The third kappa shape index (κ3) is 6.67. The van der Waals surface area contributed by atoms with Crippen LogP contribution in [0.15, 0.2) is 24.3 Å². The molecule has 17 heavy (non-hydrogen) atoms. The van der Waals surface area contributed by atoms with Gasteiger partial charge < -0.3 is 10.2 Å². The van der Waals surface area contributed by atoms with Crippen LogP contribution in [0, 0.1) is 0 Å². The van der Waals surface area contributed by atoms with Crippen LogP contribution in [-0.2, 0) is 6.54 Å². The molecule has 0 spiro atoms. The second-order valence-corrected chi connectivity index (χ2v) is 5.27. The first kappa shape index (κ1) is 14.5. The highest BCUT2D eigenvalue weighted by molar-refractivity contribution is 6.30. The van der Waals surface area contributed by atoms with Gasteiger partial charge in [-0.3, -0.25) is 0 Å². The SMILES string of the molecule is CC(C)NCCCN(C)Cc1cccc(Cl)c1. The van der Waals surface area contributed by atoms with Crippen molar-refractivity contribution in [2.24, 2.45) is 0 Å². The fraction of sp³-hybridized carbons (Fsp3) is 0.571. The molecule has 0 aromatic heterocycles. The molecular formula is C14H23ClN2. The van der Waals surface area contributed by atoms with E-state index in [-0.39, 0.29) is 0 Å². The Kier molecular flexibility index (Phi) is 6.56. The predicted octanol–water partition coefficient (Wildman–Crippen LogP) is 3.16. The maximum atomic E-state index is 5.96. The lowest BCUT2D eigenvalue weighted by atomic mass is 10.2. The molecule has 96 valence electrons. The molecule has 0 aliphatic rings. The molecule has 0 atom stereocenters. The smallest absolute Gasteiger partial charge is 0.0409 e. The molecule has 3 heteroatoms. The van der Waals surface area contributed by atoms with Crippen molar-refractivity contribution >= 4 is 11.6 Å². The van der Waals surface area contributed by atoms with Gasteiger partial charge in [0, 0.05) is 17.6 Å². The summed E-state index contributed by atoms with van der Waals surface area (Å²) < 4.78 is 0. The van der Waals surface area contributed by atoms with Crippen molar-refractivity contribution in [3.63, 3.8) is 0 Å². The van der Waals surface area contributed by atoms with Crippen molar-refractivity contribution in [3.8, 4) is 0 Å². The molecule has 2 nitrogen and oxygen atoms in total. The van der Waals surface area contributed by atoms with E-state index in [9.17, 15) is 0 Å². The van der Waals surface area contributed by atoms with E-state index in [1.54, 1.807) is 0 Å². The van der Waals surface area contributed by atoms with E-state index in [4.69, 9.17) is 11.6 Å². The van der Waals surface area contributed by atoms with Crippen LogP contribution in [0.1, 0.15) is 25.8 Å². The number of hydrogen-bond acceptors (Lipinski definition) is 2. The van der Waals surface area contributed by atoms with Crippen LogP contribution >= 0.6 is 11.6 Å². The molecule has 0 aliphatic heterocycles. The molecule has 1 rings (SSSR count). The summed E-state index contributed by atoms with van der Waals surface area (Å²) in [6.07, 6.45) is 1.18. The van der Waals surface area contributed by atoms with Crippen molar-refractivity contribution in [3.05, 3.63) is 34.9 Å². The third-order valence-corrected chi connectivity index (χ3v) is 2.85. The van der Waals surface area contributed by atoms with Crippen LogP contribution in [0.2, 0.25) is 5.02 Å². The summed E-state index contributed by atoms with van der Waals surface area (Å²) in [5.41, 5.74) is 1.27. The van der Waals surface area contributed by atoms with E-state index in [1.807, 2.05) is 18.2 Å². The van der Waals surface area contributed by atoms with Crippen molar-refractivity contribution in [2.45, 2.75) is 32.9 Å². The van der Waals surface area contributed by atoms with Crippen LogP contribution < -0.4 is 5.32 Å². The number of rotatable bonds is 7. The van der Waals surface area contributed by atoms with Gasteiger partial charge in [-0.25, -0.2) is 0 Å². The number of benzene rings is 1. The van der Waals surface area contributed by atoms with E-state index in [2.05, 4.69) is 37.2 Å². The normalized spacial score (nSPS) is 11.4. The van der Waals surface area contributed by atoms with Gasteiger partial charge in [0.15, 0.2) is 0 Å². The second kappa shape index (κ2) is 7.70. The van der Waals surface area contributed by atoms with Crippen LogP contribution in [-0.4, -0.2) is 31.1 Å². The van der Waals surface area contributed by atoms with E-state index in [1.165, 1.54) is 12.0 Å². The standard InChI is InChI=1S/C14H23ClN2/c1-12(2)16-8-5-9-17(3)11-13-6-4-7-14(15)10-13/h4,6-7,10,12,16H,5,8-9,11H2,1-3H3. The number of halogens is 1. The van der Waals surface area contributed by atoms with E-state index >= 15 is 0 Å². The van der Waals surface area contributed by atoms with Crippen molar-refractivity contribution in [1.82, 2.24) is 10.2 Å². The van der Waals surface area contributed by atoms with E-state index < -0.39 is 0 Å². The Hall–Kier alpha value is -0.570. The number of nitrogens with one attached hydrogen (secondary N) is 1. The summed E-state index contributed by atoms with van der Waals surface area (Å²) in [4.78, 5) is 2.33. The molecule has 0 unspecified atom stereocenters. The highest BCUT2D eigenvalue weighted by Crippen LogP contribution is 2.12. The van der Waals surface area contributed by atoms with Gasteiger partial charge in [-0.1, -0.05) is 37.6 Å². The Morgan fingerprint density at radius 3 is 2.76 bits per heavy atom. The Labute approximate surface area is 110 Å². The Morgan fingerprint density at radius 1 is 1.35 bits per heavy atom. The van der Waals surface area contributed by atoms with Gasteiger partial charge in [-0.05, 0) is 44.3 Å². The largest absolute Gasteiger partial charge is 0.314 e. The quantitative estimate of drug-likeness (QED) is 0.752. The molecular weight excluding hydrogens is 232 g/mol. The van der Waals surface area contributed by atoms with Gasteiger partial charge >= 0.3 is 0 Å². The molecule has 0 saturated carbocycles. The maximum absolute atomic E-state index is 5.96. The fourth-order valence-electron chi connectivity index (χ4n) is 1.77. The summed E-state index contributed by atoms with van der Waals surface area (Å²) in [5.74, 6) is 0. The summed E-state index contributed by atoms with van der Waals surface area (Å²) in [6.45, 7) is 7.50. The molecule has 0 aliphatic carbocycles. The molecule has 0 fully saturated rings. The first-order valence-electron chi connectivity index (χ1n) is 6.24. The van der Waals surface area contributed by atoms with Crippen LogP contribution in [0.5, 0.6) is 0 Å². The lowest BCUT2D eigenvalue weighted by Crippen LogP contribution is -2.27. The highest BCUT2D eigenvalue weighted by atomic mass is 35.5. The average Bonchev–Trinajstić information content (AvgIpc) is 2.24. The van der Waals surface area contributed by atoms with Gasteiger partial charge in [0.2, 0.25) is 0 Å². The minimum Gasteiger partial charge on any atom is -0.314 e. The molecule has 1 aromatic rings. The third-order valence-electron chi connectivity index (χ3n) is 2.61. The number of hydrogen-bond donors (Lipinski definition) is 1. The van der Waals surface area contributed by atoms with Gasteiger partial charge in [-0.15, -0.1) is 0 Å². The first-order valence-corrected chi connectivity index (χ1v) is 6.62. The molecule has 0 bridgehead atoms. The number of nitrogens with zero attached hydrogens (tertiary/aromatic N) is 1. The summed E-state index contributed by atoms with van der Waals surface area (Å²) in [6, 6.07) is 8.65. The van der Waals surface area contributed by atoms with Gasteiger partial charge in [0.05, 0.1) is 0 Å². The van der Waals surface area contributed by atoms with Gasteiger partial charge in [0.25, 0.3) is 0 Å². The van der Waals surface area contributed by atoms with Gasteiger partial charge in [-0.2, -0.15) is 0 Å². The van der Waals surface area contributed by atoms with Crippen molar-refractivity contribution in [1.29, 1.82) is 0 Å². The van der Waals surface area contributed by atoms with Crippen molar-refractivity contribution < 1.29 is 0 Å². The minimum absolute atomic E-state index is 0.577. The Bertz CT molecular complexity index is 326. The van der Waals surface area contributed by atoms with E-state index in [0.29, 0.717) is 6.04 Å². The lowest BCUT2D eigenvalue weighted by Gasteiger charge is -2.17. The topological polar surface area (TPSA) is 15.3 Å². The monoisotopic (exact) mass is 254 g/mol. The predicted molar refractivity (Wildman–Crippen MR) is 75.5 cm³/mol. The minimum atomic E-state index is 0.577. The second-order valence-electron chi connectivity index (χ2n) is 4.83. The zero-order valence-corrected chi connectivity index (χ0v) is 11.8. The summed E-state index contributed by atoms with van der Waals surface area (Å²) in [7, 11) is 2.15. The molecule has 0 heterocycles. The molecule has 1 aromatic carbocycles. The van der Waals surface area contributed by atoms with Gasteiger partial charge in [0.1, 0.15) is 0 Å². The maximum Gasteiger partial charge on any atom is 0.0409 e. The molecule has 0 amide bonds. The van der Waals surface area contributed by atoms with Crippen LogP contribution in [0.3, 0.4) is 0 Å². The Morgan fingerprint density at radius 2 is 2.12 bits per heavy atom. The molecule has 0 radical (unpaired) electrons. The molecule has 1 N–H and O–H groups in total. The highest BCUT2D eigenvalue weighted by Gasteiger charge is 2.01. The average molecular weight is 255 g/mol. The van der Waals surface area contributed by atoms with Crippen LogP contribution in [0.25, 0.3) is 0 Å². The summed E-state index contributed by atoms with van der Waals surface area (Å²) >= 11 is 5.96. The lowest BCUT2D eigenvalue weighted by molar-refractivity contribution is 0.318. The zero-order valence-electron chi connectivity index (χ0n) is 11.0. The summed E-state index contributed by atoms with van der Waals surface area (Å²) in [5, 5.41) is 4.24. The Balaban J connectivity index is 2.23.